The predicted molar refractivity (Wildman–Crippen MR) is 107 cm³/mol. The minimum absolute atomic E-state index is 0.0841. The molecule has 3 heterocycles. The van der Waals surface area contributed by atoms with Crippen LogP contribution in [0.2, 0.25) is 0 Å². The molecule has 0 bridgehead atoms. The topological polar surface area (TPSA) is 65.1 Å². The SMILES string of the molecule is CCOC(=O)N1CCC2(CC(N3CCC(N4CCC[C@H]4C(=O)NC)CC3)C2)C1. The molecule has 1 atom stereocenters. The highest BCUT2D eigenvalue weighted by atomic mass is 16.6. The summed E-state index contributed by atoms with van der Waals surface area (Å²) in [5.41, 5.74) is 0.341. The van der Waals surface area contributed by atoms with Crippen LogP contribution < -0.4 is 5.32 Å². The number of nitrogens with one attached hydrogen (secondary N) is 1. The standard InChI is InChI=1S/C21H36N4O3/c1-3-28-20(27)24-12-8-21(15-24)13-17(14-21)23-10-6-16(7-11-23)25-9-4-5-18(25)19(26)22-2/h16-18H,3-15H2,1-2H3,(H,22,26)/t17?,18-,21?/m0/s1. The molecule has 0 radical (unpaired) electrons. The van der Waals surface area contributed by atoms with Gasteiger partial charge in [-0.05, 0) is 76.9 Å². The normalized spacial score (nSPS) is 34.6. The van der Waals surface area contributed by atoms with Gasteiger partial charge < -0.3 is 19.9 Å². The molecule has 7 heteroatoms. The Morgan fingerprint density at radius 3 is 2.50 bits per heavy atom. The third kappa shape index (κ3) is 3.75. The lowest BCUT2D eigenvalue weighted by atomic mass is 9.64. The average Bonchev–Trinajstić information content (AvgIpc) is 3.34. The van der Waals surface area contributed by atoms with Gasteiger partial charge >= 0.3 is 6.09 Å². The zero-order valence-corrected chi connectivity index (χ0v) is 17.5. The molecule has 0 aromatic heterocycles. The monoisotopic (exact) mass is 392 g/mol. The van der Waals surface area contributed by atoms with Crippen LogP contribution in [0, 0.1) is 5.41 Å². The molecule has 3 aliphatic heterocycles. The first-order valence-electron chi connectivity index (χ1n) is 11.2. The van der Waals surface area contributed by atoms with Crippen molar-refractivity contribution in [2.45, 2.75) is 70.0 Å². The lowest BCUT2D eigenvalue weighted by Gasteiger charge is -2.52. The Morgan fingerprint density at radius 1 is 1.07 bits per heavy atom. The van der Waals surface area contributed by atoms with Crippen molar-refractivity contribution < 1.29 is 14.3 Å². The number of hydrogen-bond donors (Lipinski definition) is 1. The Morgan fingerprint density at radius 2 is 1.82 bits per heavy atom. The van der Waals surface area contributed by atoms with Crippen molar-refractivity contribution in [1.29, 1.82) is 0 Å². The van der Waals surface area contributed by atoms with Gasteiger partial charge in [0.05, 0.1) is 12.6 Å². The van der Waals surface area contributed by atoms with E-state index in [9.17, 15) is 9.59 Å². The highest BCUT2D eigenvalue weighted by Gasteiger charge is 2.51. The fraction of sp³-hybridized carbons (Fsp3) is 0.905. The first kappa shape index (κ1) is 20.0. The smallest absolute Gasteiger partial charge is 0.409 e. The van der Waals surface area contributed by atoms with Crippen LogP contribution in [0.1, 0.15) is 51.9 Å². The molecule has 0 aromatic carbocycles. The maximum absolute atomic E-state index is 12.2. The first-order valence-corrected chi connectivity index (χ1v) is 11.2. The largest absolute Gasteiger partial charge is 0.450 e. The van der Waals surface area contributed by atoms with Crippen molar-refractivity contribution in [2.24, 2.45) is 5.41 Å². The second-order valence-electron chi connectivity index (χ2n) is 9.21. The van der Waals surface area contributed by atoms with Gasteiger partial charge in [-0.25, -0.2) is 4.79 Å². The van der Waals surface area contributed by atoms with Gasteiger partial charge in [-0.1, -0.05) is 0 Å². The number of carbonyl (C=O) groups is 2. The van der Waals surface area contributed by atoms with Crippen LogP contribution in [-0.2, 0) is 9.53 Å². The van der Waals surface area contributed by atoms with Crippen LogP contribution in [0.25, 0.3) is 0 Å². The molecular formula is C21H36N4O3. The second kappa shape index (κ2) is 8.19. The van der Waals surface area contributed by atoms with Gasteiger partial charge in [-0.3, -0.25) is 9.69 Å². The van der Waals surface area contributed by atoms with Crippen molar-refractivity contribution in [2.75, 3.05) is 46.4 Å². The molecule has 3 saturated heterocycles. The molecule has 0 unspecified atom stereocenters. The van der Waals surface area contributed by atoms with Crippen LogP contribution in [-0.4, -0.2) is 91.2 Å². The van der Waals surface area contributed by atoms with Gasteiger partial charge in [0.25, 0.3) is 0 Å². The molecule has 1 saturated carbocycles. The summed E-state index contributed by atoms with van der Waals surface area (Å²) >= 11 is 0. The summed E-state index contributed by atoms with van der Waals surface area (Å²) in [6, 6.07) is 1.32. The maximum Gasteiger partial charge on any atom is 0.409 e. The summed E-state index contributed by atoms with van der Waals surface area (Å²) in [4.78, 5) is 31.2. The van der Waals surface area contributed by atoms with E-state index in [0.29, 0.717) is 24.1 Å². The molecular weight excluding hydrogens is 356 g/mol. The third-order valence-corrected chi connectivity index (χ3v) is 7.63. The first-order chi connectivity index (χ1) is 13.5. The number of amides is 2. The van der Waals surface area contributed by atoms with Crippen molar-refractivity contribution in [1.82, 2.24) is 20.0 Å². The van der Waals surface area contributed by atoms with Gasteiger partial charge in [0.15, 0.2) is 0 Å². The summed E-state index contributed by atoms with van der Waals surface area (Å²) < 4.78 is 5.17. The number of rotatable bonds is 4. The molecule has 158 valence electrons. The number of likely N-dealkylation sites (N-methyl/N-ethyl adjacent to an activating group) is 1. The van der Waals surface area contributed by atoms with Crippen LogP contribution in [0.4, 0.5) is 4.79 Å². The quantitative estimate of drug-likeness (QED) is 0.789. The maximum atomic E-state index is 12.2. The van der Waals surface area contributed by atoms with Gasteiger partial charge in [-0.2, -0.15) is 0 Å². The molecule has 1 N–H and O–H groups in total. The van der Waals surface area contributed by atoms with Gasteiger partial charge in [0.1, 0.15) is 0 Å². The van der Waals surface area contributed by atoms with Crippen molar-refractivity contribution in [3.05, 3.63) is 0 Å². The Labute approximate surface area is 168 Å². The summed E-state index contributed by atoms with van der Waals surface area (Å²) in [5.74, 6) is 0.188. The Hall–Kier alpha value is -1.34. The molecule has 0 aromatic rings. The van der Waals surface area contributed by atoms with E-state index in [0.717, 1.165) is 52.0 Å². The number of piperidine rings is 1. The fourth-order valence-electron chi connectivity index (χ4n) is 6.09. The van der Waals surface area contributed by atoms with E-state index in [1.165, 1.54) is 25.7 Å². The minimum atomic E-state index is -0.139. The molecule has 1 spiro atoms. The zero-order chi connectivity index (χ0) is 19.7. The minimum Gasteiger partial charge on any atom is -0.450 e. The van der Waals surface area contributed by atoms with Gasteiger partial charge in [-0.15, -0.1) is 0 Å². The second-order valence-corrected chi connectivity index (χ2v) is 9.21. The molecule has 4 aliphatic rings. The van der Waals surface area contributed by atoms with E-state index in [1.54, 1.807) is 7.05 Å². The van der Waals surface area contributed by atoms with E-state index in [-0.39, 0.29) is 18.0 Å². The average molecular weight is 393 g/mol. The molecule has 4 rings (SSSR count). The van der Waals surface area contributed by atoms with E-state index in [2.05, 4.69) is 15.1 Å². The number of carbonyl (C=O) groups excluding carboxylic acids is 2. The lowest BCUT2D eigenvalue weighted by Crippen LogP contribution is -2.57. The van der Waals surface area contributed by atoms with Crippen molar-refractivity contribution in [3.63, 3.8) is 0 Å². The summed E-state index contributed by atoms with van der Waals surface area (Å²) in [7, 11) is 1.75. The number of ether oxygens (including phenoxy) is 1. The van der Waals surface area contributed by atoms with Crippen LogP contribution in [0.3, 0.4) is 0 Å². The Kier molecular flexibility index (Phi) is 5.83. The molecule has 28 heavy (non-hydrogen) atoms. The van der Waals surface area contributed by atoms with Gasteiger partial charge in [0, 0.05) is 32.2 Å². The molecule has 2 amide bonds. The van der Waals surface area contributed by atoms with E-state index in [4.69, 9.17) is 4.74 Å². The van der Waals surface area contributed by atoms with E-state index in [1.807, 2.05) is 11.8 Å². The summed E-state index contributed by atoms with van der Waals surface area (Å²) in [5, 5.41) is 2.84. The van der Waals surface area contributed by atoms with E-state index >= 15 is 0 Å². The Balaban J connectivity index is 1.23. The summed E-state index contributed by atoms with van der Waals surface area (Å²) in [6.45, 7) is 7.40. The molecule has 1 aliphatic carbocycles. The van der Waals surface area contributed by atoms with Crippen LogP contribution >= 0.6 is 0 Å². The lowest BCUT2D eigenvalue weighted by molar-refractivity contribution is -0.126. The zero-order valence-electron chi connectivity index (χ0n) is 17.5. The number of nitrogens with zero attached hydrogens (tertiary/aromatic N) is 3. The Bertz CT molecular complexity index is 584. The number of likely N-dealkylation sites (tertiary alicyclic amines) is 3. The molecule has 4 fully saturated rings. The third-order valence-electron chi connectivity index (χ3n) is 7.63. The van der Waals surface area contributed by atoms with E-state index < -0.39 is 0 Å². The van der Waals surface area contributed by atoms with Crippen molar-refractivity contribution in [3.8, 4) is 0 Å². The van der Waals surface area contributed by atoms with Crippen LogP contribution in [0.15, 0.2) is 0 Å². The highest BCUT2D eigenvalue weighted by molar-refractivity contribution is 5.81. The highest BCUT2D eigenvalue weighted by Crippen LogP contribution is 2.50. The summed E-state index contributed by atoms with van der Waals surface area (Å²) in [6.07, 6.45) is 7.91. The van der Waals surface area contributed by atoms with Gasteiger partial charge in [0.2, 0.25) is 5.91 Å². The molecule has 7 nitrogen and oxygen atoms in total. The van der Waals surface area contributed by atoms with Crippen LogP contribution in [0.5, 0.6) is 0 Å². The van der Waals surface area contributed by atoms with Crippen molar-refractivity contribution >= 4 is 12.0 Å². The fourth-order valence-corrected chi connectivity index (χ4v) is 6.09. The number of hydrogen-bond acceptors (Lipinski definition) is 5. The predicted octanol–water partition coefficient (Wildman–Crippen LogP) is 1.67.